The van der Waals surface area contributed by atoms with Crippen LogP contribution in [-0.2, 0) is 9.53 Å². The average Bonchev–Trinajstić information content (AvgIpc) is 2.37. The fourth-order valence-electron chi connectivity index (χ4n) is 1.42. The Labute approximate surface area is 104 Å². The topological polar surface area (TPSA) is 98.7 Å². The largest absolute Gasteiger partial charge is 0.383 e. The Hall–Kier alpha value is -1.99. The molecule has 7 nitrogen and oxygen atoms in total. The summed E-state index contributed by atoms with van der Waals surface area (Å²) in [6.07, 6.45) is 0. The van der Waals surface area contributed by atoms with Crippen LogP contribution in [0.1, 0.15) is 0 Å². The summed E-state index contributed by atoms with van der Waals surface area (Å²) in [6.45, 7) is 0.121. The van der Waals surface area contributed by atoms with Crippen molar-refractivity contribution in [1.29, 1.82) is 0 Å². The van der Waals surface area contributed by atoms with Crippen molar-refractivity contribution in [1.82, 2.24) is 0 Å². The molecule has 0 aliphatic carbocycles. The van der Waals surface area contributed by atoms with Gasteiger partial charge in [0.1, 0.15) is 6.04 Å². The molecule has 1 aromatic carbocycles. The molecule has 1 unspecified atom stereocenters. The summed E-state index contributed by atoms with van der Waals surface area (Å²) in [7, 11) is 3.01. The van der Waals surface area contributed by atoms with Crippen molar-refractivity contribution in [3.63, 3.8) is 0 Å². The molecule has 18 heavy (non-hydrogen) atoms. The number of methoxy groups -OCH3 is 1. The highest BCUT2D eigenvalue weighted by Gasteiger charge is 2.19. The molecule has 2 N–H and O–H groups in total. The number of nitro benzene ring substituents is 1. The summed E-state index contributed by atoms with van der Waals surface area (Å²) in [4.78, 5) is 23.2. The van der Waals surface area contributed by atoms with E-state index in [9.17, 15) is 14.9 Å². The lowest BCUT2D eigenvalue weighted by Crippen LogP contribution is -2.44. The zero-order valence-corrected chi connectivity index (χ0v) is 10.2. The highest BCUT2D eigenvalue weighted by molar-refractivity contribution is 5.96. The third-order valence-electron chi connectivity index (χ3n) is 2.44. The van der Waals surface area contributed by atoms with Gasteiger partial charge in [-0.25, -0.2) is 0 Å². The van der Waals surface area contributed by atoms with Crippen LogP contribution in [0.15, 0.2) is 24.3 Å². The second kappa shape index (κ2) is 6.08. The monoisotopic (exact) mass is 253 g/mol. The molecule has 0 saturated carbocycles. The van der Waals surface area contributed by atoms with Crippen molar-refractivity contribution in [3.8, 4) is 0 Å². The number of likely N-dealkylation sites (N-methyl/N-ethyl adjacent to an activating group) is 1. The van der Waals surface area contributed by atoms with Gasteiger partial charge >= 0.3 is 0 Å². The van der Waals surface area contributed by atoms with E-state index in [0.717, 1.165) is 0 Å². The van der Waals surface area contributed by atoms with E-state index in [1.165, 1.54) is 36.3 Å². The van der Waals surface area contributed by atoms with Crippen LogP contribution in [0.4, 0.5) is 11.4 Å². The number of ether oxygens (including phenoxy) is 1. The number of amides is 1. The number of rotatable bonds is 5. The van der Waals surface area contributed by atoms with Gasteiger partial charge in [-0.3, -0.25) is 14.9 Å². The van der Waals surface area contributed by atoms with Crippen LogP contribution in [0.5, 0.6) is 0 Å². The average molecular weight is 253 g/mol. The smallest absolute Gasteiger partial charge is 0.269 e. The van der Waals surface area contributed by atoms with Crippen LogP contribution in [0.25, 0.3) is 0 Å². The molecular formula is C11H15N3O4. The second-order valence-electron chi connectivity index (χ2n) is 3.73. The molecule has 0 aliphatic rings. The fourth-order valence-corrected chi connectivity index (χ4v) is 1.42. The number of carbonyl (C=O) groups excluding carboxylic acids is 1. The van der Waals surface area contributed by atoms with Crippen molar-refractivity contribution in [2.24, 2.45) is 5.73 Å². The molecule has 7 heteroatoms. The van der Waals surface area contributed by atoms with Crippen molar-refractivity contribution in [2.45, 2.75) is 6.04 Å². The zero-order valence-electron chi connectivity index (χ0n) is 10.2. The Bertz CT molecular complexity index is 432. The second-order valence-corrected chi connectivity index (χ2v) is 3.73. The Morgan fingerprint density at radius 2 is 2.06 bits per heavy atom. The highest BCUT2D eigenvalue weighted by Crippen LogP contribution is 2.18. The molecule has 0 aliphatic heterocycles. The number of non-ortho nitro benzene ring substituents is 1. The van der Waals surface area contributed by atoms with Gasteiger partial charge < -0.3 is 15.4 Å². The molecule has 0 aromatic heterocycles. The predicted molar refractivity (Wildman–Crippen MR) is 66.4 cm³/mol. The minimum atomic E-state index is -0.754. The normalized spacial score (nSPS) is 11.9. The molecular weight excluding hydrogens is 238 g/mol. The number of benzene rings is 1. The lowest BCUT2D eigenvalue weighted by molar-refractivity contribution is -0.384. The van der Waals surface area contributed by atoms with Gasteiger partial charge in [0.2, 0.25) is 5.91 Å². The van der Waals surface area contributed by atoms with Gasteiger partial charge in [0, 0.05) is 32.0 Å². The van der Waals surface area contributed by atoms with E-state index >= 15 is 0 Å². The summed E-state index contributed by atoms with van der Waals surface area (Å²) < 4.78 is 4.80. The summed E-state index contributed by atoms with van der Waals surface area (Å²) in [5.41, 5.74) is 6.13. The van der Waals surface area contributed by atoms with E-state index in [4.69, 9.17) is 10.5 Å². The number of carbonyl (C=O) groups is 1. The van der Waals surface area contributed by atoms with Gasteiger partial charge in [-0.15, -0.1) is 0 Å². The third-order valence-corrected chi connectivity index (χ3v) is 2.44. The van der Waals surface area contributed by atoms with Gasteiger partial charge in [-0.05, 0) is 12.1 Å². The van der Waals surface area contributed by atoms with E-state index in [0.29, 0.717) is 5.69 Å². The third kappa shape index (κ3) is 3.25. The molecule has 0 saturated heterocycles. The van der Waals surface area contributed by atoms with Crippen LogP contribution >= 0.6 is 0 Å². The van der Waals surface area contributed by atoms with Crippen LogP contribution in [0.3, 0.4) is 0 Å². The van der Waals surface area contributed by atoms with E-state index in [2.05, 4.69) is 0 Å². The van der Waals surface area contributed by atoms with E-state index in [-0.39, 0.29) is 18.2 Å². The lowest BCUT2D eigenvalue weighted by atomic mass is 10.2. The Morgan fingerprint density at radius 3 is 2.50 bits per heavy atom. The molecule has 1 amide bonds. The number of nitrogens with zero attached hydrogens (tertiary/aromatic N) is 2. The molecule has 0 radical (unpaired) electrons. The van der Waals surface area contributed by atoms with Crippen LogP contribution in [0, 0.1) is 10.1 Å². The minimum absolute atomic E-state index is 0.0270. The minimum Gasteiger partial charge on any atom is -0.383 e. The maximum atomic E-state index is 11.8. The number of nitrogens with two attached hydrogens (primary N) is 1. The van der Waals surface area contributed by atoms with Crippen molar-refractivity contribution in [2.75, 3.05) is 25.7 Å². The first-order valence-electron chi connectivity index (χ1n) is 5.24. The molecule has 1 atom stereocenters. The quantitative estimate of drug-likeness (QED) is 0.609. The number of nitro groups is 1. The fraction of sp³-hybridized carbons (Fsp3) is 0.364. The Balaban J connectivity index is 2.80. The molecule has 0 bridgehead atoms. The van der Waals surface area contributed by atoms with Gasteiger partial charge in [0.15, 0.2) is 0 Å². The maximum Gasteiger partial charge on any atom is 0.269 e. The number of hydrogen-bond donors (Lipinski definition) is 1. The summed E-state index contributed by atoms with van der Waals surface area (Å²) in [5, 5.41) is 10.5. The first-order valence-corrected chi connectivity index (χ1v) is 5.24. The van der Waals surface area contributed by atoms with Crippen LogP contribution in [0.2, 0.25) is 0 Å². The first kappa shape index (κ1) is 14.1. The summed E-state index contributed by atoms with van der Waals surface area (Å²) in [5.74, 6) is -0.314. The Morgan fingerprint density at radius 1 is 1.50 bits per heavy atom. The maximum absolute atomic E-state index is 11.8. The van der Waals surface area contributed by atoms with Gasteiger partial charge in [-0.2, -0.15) is 0 Å². The zero-order chi connectivity index (χ0) is 13.7. The van der Waals surface area contributed by atoms with Gasteiger partial charge in [0.25, 0.3) is 5.69 Å². The van der Waals surface area contributed by atoms with E-state index in [1.807, 2.05) is 0 Å². The standard InChI is InChI=1S/C11H15N3O4/c1-13(11(15)10(12)7-18-2)8-3-5-9(6-4-8)14(16)17/h3-6,10H,7,12H2,1-2H3. The van der Waals surface area contributed by atoms with E-state index < -0.39 is 11.0 Å². The van der Waals surface area contributed by atoms with Crippen LogP contribution < -0.4 is 10.6 Å². The predicted octanol–water partition coefficient (Wildman–Crippen LogP) is 0.531. The van der Waals surface area contributed by atoms with Crippen LogP contribution in [-0.4, -0.2) is 37.6 Å². The molecule has 0 heterocycles. The number of hydrogen-bond acceptors (Lipinski definition) is 5. The summed E-state index contributed by atoms with van der Waals surface area (Å²) in [6, 6.07) is 4.91. The highest BCUT2D eigenvalue weighted by atomic mass is 16.6. The number of anilines is 1. The molecule has 1 aromatic rings. The van der Waals surface area contributed by atoms with E-state index in [1.54, 1.807) is 7.05 Å². The molecule has 0 fully saturated rings. The van der Waals surface area contributed by atoms with Gasteiger partial charge in [-0.1, -0.05) is 0 Å². The summed E-state index contributed by atoms with van der Waals surface area (Å²) >= 11 is 0. The van der Waals surface area contributed by atoms with Crippen molar-refractivity contribution in [3.05, 3.63) is 34.4 Å². The Kier molecular flexibility index (Phi) is 4.75. The van der Waals surface area contributed by atoms with Gasteiger partial charge in [0.05, 0.1) is 11.5 Å². The van der Waals surface area contributed by atoms with Crippen molar-refractivity contribution < 1.29 is 14.5 Å². The molecule has 1 rings (SSSR count). The first-order chi connectivity index (χ1) is 8.47. The molecule has 98 valence electrons. The molecule has 0 spiro atoms. The van der Waals surface area contributed by atoms with Crippen molar-refractivity contribution >= 4 is 17.3 Å². The SMILES string of the molecule is COCC(N)C(=O)N(C)c1ccc([N+](=O)[O-])cc1. The lowest BCUT2D eigenvalue weighted by Gasteiger charge is -2.20.